The van der Waals surface area contributed by atoms with Gasteiger partial charge in [0.25, 0.3) is 0 Å². The monoisotopic (exact) mass is 226 g/mol. The molecule has 0 bridgehead atoms. The number of H-pyrrole nitrogens is 1. The number of nitrogens with zero attached hydrogens (tertiary/aromatic N) is 1. The van der Waals surface area contributed by atoms with Crippen molar-refractivity contribution in [2.75, 3.05) is 0 Å². The Morgan fingerprint density at radius 2 is 2.33 bits per heavy atom. The summed E-state index contributed by atoms with van der Waals surface area (Å²) in [7, 11) is 0. The highest BCUT2D eigenvalue weighted by molar-refractivity contribution is 7.71. The topological polar surface area (TPSA) is 58.0 Å². The molecule has 1 aromatic rings. The molecule has 0 saturated carbocycles. The zero-order valence-corrected chi connectivity index (χ0v) is 9.43. The standard InChI is InChI=1S/C10H14N2O2S/c1-6(13)5-12-8-4-2-3-7(8)9(15)11-10(12)14/h6,13H,2-5H2,1H3,(H,11,14,15)/t6-/m1/s1. The third kappa shape index (κ3) is 1.89. The van der Waals surface area contributed by atoms with Crippen LogP contribution in [0.2, 0.25) is 0 Å². The van der Waals surface area contributed by atoms with Crippen molar-refractivity contribution in [1.29, 1.82) is 0 Å². The fourth-order valence-electron chi connectivity index (χ4n) is 2.09. The van der Waals surface area contributed by atoms with Gasteiger partial charge >= 0.3 is 5.69 Å². The Kier molecular flexibility index (Phi) is 2.75. The lowest BCUT2D eigenvalue weighted by atomic mass is 10.2. The maximum Gasteiger partial charge on any atom is 0.326 e. The molecular formula is C10H14N2O2S. The first kappa shape index (κ1) is 10.6. The number of aromatic amines is 1. The Morgan fingerprint density at radius 1 is 1.60 bits per heavy atom. The lowest BCUT2D eigenvalue weighted by molar-refractivity contribution is 0.170. The molecule has 0 amide bonds. The van der Waals surface area contributed by atoms with Gasteiger partial charge < -0.3 is 5.11 Å². The maximum atomic E-state index is 11.7. The highest BCUT2D eigenvalue weighted by Crippen LogP contribution is 2.20. The molecule has 5 heteroatoms. The molecule has 4 nitrogen and oxygen atoms in total. The molecule has 1 aliphatic rings. The Balaban J connectivity index is 2.59. The molecule has 1 atom stereocenters. The van der Waals surface area contributed by atoms with Gasteiger partial charge in [0.15, 0.2) is 0 Å². The van der Waals surface area contributed by atoms with Crippen molar-refractivity contribution in [3.05, 3.63) is 26.4 Å². The van der Waals surface area contributed by atoms with Crippen molar-refractivity contribution in [3.63, 3.8) is 0 Å². The van der Waals surface area contributed by atoms with Gasteiger partial charge in [0, 0.05) is 11.3 Å². The summed E-state index contributed by atoms with van der Waals surface area (Å²) in [6, 6.07) is 0. The minimum absolute atomic E-state index is 0.207. The Hall–Kier alpha value is -0.940. The third-order valence-corrected chi connectivity index (χ3v) is 3.05. The number of aliphatic hydroxyl groups excluding tert-OH is 1. The lowest BCUT2D eigenvalue weighted by Gasteiger charge is -2.13. The molecule has 0 aliphatic heterocycles. The van der Waals surface area contributed by atoms with Crippen molar-refractivity contribution in [3.8, 4) is 0 Å². The van der Waals surface area contributed by atoms with Gasteiger partial charge in [-0.25, -0.2) is 4.79 Å². The average molecular weight is 226 g/mol. The molecule has 0 radical (unpaired) electrons. The first-order chi connectivity index (χ1) is 7.09. The van der Waals surface area contributed by atoms with Crippen LogP contribution in [0.5, 0.6) is 0 Å². The third-order valence-electron chi connectivity index (χ3n) is 2.70. The molecule has 2 rings (SSSR count). The summed E-state index contributed by atoms with van der Waals surface area (Å²) in [5.74, 6) is 0. The molecule has 0 spiro atoms. The van der Waals surface area contributed by atoms with Crippen LogP contribution >= 0.6 is 12.2 Å². The van der Waals surface area contributed by atoms with E-state index in [1.54, 1.807) is 11.5 Å². The summed E-state index contributed by atoms with van der Waals surface area (Å²) >= 11 is 5.11. The van der Waals surface area contributed by atoms with Crippen LogP contribution in [0.3, 0.4) is 0 Å². The predicted molar refractivity (Wildman–Crippen MR) is 59.6 cm³/mol. The van der Waals surface area contributed by atoms with E-state index in [0.717, 1.165) is 30.5 Å². The SMILES string of the molecule is C[C@@H](O)Cn1c2c(c(=S)[nH]c1=O)CCC2. The normalized spacial score (nSPS) is 16.4. The molecule has 0 saturated heterocycles. The molecule has 1 aromatic heterocycles. The molecule has 82 valence electrons. The fraction of sp³-hybridized carbons (Fsp3) is 0.600. The van der Waals surface area contributed by atoms with Gasteiger partial charge in [0.05, 0.1) is 12.6 Å². The Labute approximate surface area is 92.6 Å². The van der Waals surface area contributed by atoms with Crippen molar-refractivity contribution >= 4 is 12.2 Å². The molecule has 2 N–H and O–H groups in total. The highest BCUT2D eigenvalue weighted by atomic mass is 32.1. The van der Waals surface area contributed by atoms with E-state index in [2.05, 4.69) is 4.98 Å². The first-order valence-corrected chi connectivity index (χ1v) is 5.53. The lowest BCUT2D eigenvalue weighted by Crippen LogP contribution is -2.30. The molecule has 0 aromatic carbocycles. The summed E-state index contributed by atoms with van der Waals surface area (Å²) < 4.78 is 2.18. The molecule has 0 fully saturated rings. The minimum atomic E-state index is -0.517. The van der Waals surface area contributed by atoms with Crippen LogP contribution in [0.1, 0.15) is 24.6 Å². The summed E-state index contributed by atoms with van der Waals surface area (Å²) in [4.78, 5) is 14.3. The highest BCUT2D eigenvalue weighted by Gasteiger charge is 2.18. The van der Waals surface area contributed by atoms with Crippen molar-refractivity contribution in [1.82, 2.24) is 9.55 Å². The van der Waals surface area contributed by atoms with Crippen LogP contribution in [0.25, 0.3) is 0 Å². The van der Waals surface area contributed by atoms with Gasteiger partial charge in [0.1, 0.15) is 4.64 Å². The van der Waals surface area contributed by atoms with E-state index < -0.39 is 6.10 Å². The number of fused-ring (bicyclic) bond motifs is 1. The molecule has 15 heavy (non-hydrogen) atoms. The van der Waals surface area contributed by atoms with Gasteiger partial charge in [-0.3, -0.25) is 9.55 Å². The van der Waals surface area contributed by atoms with Crippen LogP contribution in [0, 0.1) is 4.64 Å². The van der Waals surface area contributed by atoms with E-state index in [1.165, 1.54) is 0 Å². The Morgan fingerprint density at radius 3 is 3.00 bits per heavy atom. The summed E-state index contributed by atoms with van der Waals surface area (Å²) in [6.45, 7) is 2.02. The van der Waals surface area contributed by atoms with Crippen molar-refractivity contribution in [2.24, 2.45) is 0 Å². The van der Waals surface area contributed by atoms with Gasteiger partial charge in [-0.15, -0.1) is 0 Å². The zero-order valence-electron chi connectivity index (χ0n) is 8.62. The van der Waals surface area contributed by atoms with E-state index in [1.807, 2.05) is 0 Å². The number of nitrogens with one attached hydrogen (secondary N) is 1. The van der Waals surface area contributed by atoms with Crippen LogP contribution in [0.4, 0.5) is 0 Å². The van der Waals surface area contributed by atoms with E-state index in [0.29, 0.717) is 11.2 Å². The average Bonchev–Trinajstić information content (AvgIpc) is 2.60. The summed E-state index contributed by atoms with van der Waals surface area (Å²) in [5.41, 5.74) is 1.87. The van der Waals surface area contributed by atoms with E-state index >= 15 is 0 Å². The van der Waals surface area contributed by atoms with E-state index in [-0.39, 0.29) is 5.69 Å². The maximum absolute atomic E-state index is 11.7. The minimum Gasteiger partial charge on any atom is -0.392 e. The first-order valence-electron chi connectivity index (χ1n) is 5.12. The predicted octanol–water partition coefficient (Wildman–Crippen LogP) is 0.775. The number of rotatable bonds is 2. The number of hydrogen-bond donors (Lipinski definition) is 2. The van der Waals surface area contributed by atoms with Crippen molar-refractivity contribution < 1.29 is 5.11 Å². The second kappa shape index (κ2) is 3.90. The van der Waals surface area contributed by atoms with Crippen molar-refractivity contribution in [2.45, 2.75) is 38.8 Å². The number of aromatic nitrogens is 2. The number of aliphatic hydroxyl groups is 1. The summed E-state index contributed by atoms with van der Waals surface area (Å²) in [6.07, 6.45) is 2.34. The molecule has 1 heterocycles. The van der Waals surface area contributed by atoms with Gasteiger partial charge in [-0.1, -0.05) is 12.2 Å². The fourth-order valence-corrected chi connectivity index (χ4v) is 2.40. The quantitative estimate of drug-likeness (QED) is 0.732. The van der Waals surface area contributed by atoms with E-state index in [9.17, 15) is 9.90 Å². The zero-order chi connectivity index (χ0) is 11.0. The van der Waals surface area contributed by atoms with Gasteiger partial charge in [-0.05, 0) is 26.2 Å². The van der Waals surface area contributed by atoms with Crippen LogP contribution in [-0.4, -0.2) is 20.8 Å². The largest absolute Gasteiger partial charge is 0.392 e. The second-order valence-electron chi connectivity index (χ2n) is 4.00. The molecule has 0 unspecified atom stereocenters. The summed E-state index contributed by atoms with van der Waals surface area (Å²) in [5, 5.41) is 9.33. The van der Waals surface area contributed by atoms with E-state index in [4.69, 9.17) is 12.2 Å². The molecule has 1 aliphatic carbocycles. The van der Waals surface area contributed by atoms with Crippen LogP contribution in [0.15, 0.2) is 4.79 Å². The van der Waals surface area contributed by atoms with Gasteiger partial charge in [0.2, 0.25) is 0 Å². The van der Waals surface area contributed by atoms with Crippen LogP contribution < -0.4 is 5.69 Å². The second-order valence-corrected chi connectivity index (χ2v) is 4.41. The van der Waals surface area contributed by atoms with Gasteiger partial charge in [-0.2, -0.15) is 0 Å². The van der Waals surface area contributed by atoms with Crippen LogP contribution in [-0.2, 0) is 19.4 Å². The Bertz CT molecular complexity index is 487. The molecular weight excluding hydrogens is 212 g/mol. The number of hydrogen-bond acceptors (Lipinski definition) is 3. The smallest absolute Gasteiger partial charge is 0.326 e.